The van der Waals surface area contributed by atoms with E-state index in [1.54, 1.807) is 0 Å². The molecular formula is C25H42O2. The van der Waals surface area contributed by atoms with Crippen molar-refractivity contribution in [3.63, 3.8) is 0 Å². The Morgan fingerprint density at radius 1 is 1.00 bits per heavy atom. The predicted octanol–water partition coefficient (Wildman–Crippen LogP) is 6.78. The normalized spacial score (nSPS) is 50.4. The number of carboxylic acids is 1. The van der Waals surface area contributed by atoms with Crippen LogP contribution in [0.3, 0.4) is 0 Å². The van der Waals surface area contributed by atoms with Crippen molar-refractivity contribution in [2.24, 2.45) is 52.3 Å². The average molecular weight is 375 g/mol. The number of hydrogen-bond donors (Lipinski definition) is 1. The number of hydrogen-bond acceptors (Lipinski definition) is 1. The van der Waals surface area contributed by atoms with Crippen LogP contribution < -0.4 is 0 Å². The lowest BCUT2D eigenvalue weighted by molar-refractivity contribution is -0.152. The number of carboxylic acid groups (broad SMARTS) is 1. The van der Waals surface area contributed by atoms with Crippen LogP contribution in [0.25, 0.3) is 0 Å². The topological polar surface area (TPSA) is 37.3 Å². The van der Waals surface area contributed by atoms with Crippen molar-refractivity contribution in [1.29, 1.82) is 0 Å². The molecule has 2 nitrogen and oxygen atoms in total. The van der Waals surface area contributed by atoms with Crippen molar-refractivity contribution in [3.05, 3.63) is 0 Å². The van der Waals surface area contributed by atoms with Gasteiger partial charge < -0.3 is 5.11 Å². The molecule has 27 heavy (non-hydrogen) atoms. The van der Waals surface area contributed by atoms with Gasteiger partial charge in [-0.3, -0.25) is 4.79 Å². The van der Waals surface area contributed by atoms with Crippen molar-refractivity contribution in [1.82, 2.24) is 0 Å². The zero-order valence-corrected chi connectivity index (χ0v) is 18.2. The number of rotatable bonds is 4. The second-order valence-electron chi connectivity index (χ2n) is 11.5. The molecule has 0 aromatic heterocycles. The highest BCUT2D eigenvalue weighted by molar-refractivity contribution is 5.70. The van der Waals surface area contributed by atoms with Crippen molar-refractivity contribution < 1.29 is 9.90 Å². The van der Waals surface area contributed by atoms with Crippen LogP contribution in [0.15, 0.2) is 0 Å². The van der Waals surface area contributed by atoms with Gasteiger partial charge in [-0.25, -0.2) is 0 Å². The first-order valence-electron chi connectivity index (χ1n) is 12.0. The molecule has 0 radical (unpaired) electrons. The molecule has 0 heterocycles. The Kier molecular flexibility index (Phi) is 5.17. The van der Waals surface area contributed by atoms with Gasteiger partial charge in [-0.1, -0.05) is 40.5 Å². The van der Waals surface area contributed by atoms with Crippen LogP contribution in [0.1, 0.15) is 98.3 Å². The molecule has 0 aromatic rings. The molecule has 2 unspecified atom stereocenters. The third-order valence-corrected chi connectivity index (χ3v) is 10.5. The minimum absolute atomic E-state index is 0.0702. The third-order valence-electron chi connectivity index (χ3n) is 10.5. The molecule has 0 aromatic carbocycles. The lowest BCUT2D eigenvalue weighted by Crippen LogP contribution is -2.54. The van der Waals surface area contributed by atoms with E-state index in [0.29, 0.717) is 16.7 Å². The molecule has 4 aliphatic carbocycles. The highest BCUT2D eigenvalue weighted by Gasteiger charge is 2.60. The summed E-state index contributed by atoms with van der Waals surface area (Å²) in [7, 11) is 0. The average Bonchev–Trinajstić information content (AvgIpc) is 2.98. The van der Waals surface area contributed by atoms with Crippen molar-refractivity contribution >= 4 is 5.97 Å². The molecule has 0 saturated heterocycles. The molecule has 0 bridgehead atoms. The van der Waals surface area contributed by atoms with Crippen molar-refractivity contribution in [2.75, 3.05) is 0 Å². The van der Waals surface area contributed by atoms with Gasteiger partial charge in [-0.05, 0) is 104 Å². The lowest BCUT2D eigenvalue weighted by atomic mass is 9.44. The molecule has 4 rings (SSSR count). The van der Waals surface area contributed by atoms with Gasteiger partial charge in [-0.2, -0.15) is 0 Å². The molecule has 4 fully saturated rings. The predicted molar refractivity (Wildman–Crippen MR) is 110 cm³/mol. The van der Waals surface area contributed by atoms with Crippen LogP contribution in [0, 0.1) is 52.3 Å². The molecule has 154 valence electrons. The first-order chi connectivity index (χ1) is 12.8. The SMILES string of the molecule is CCC[C@@H](C)[C@H]1CC[C@H]2[C@@H]3CCC4CC(C(=O)O)CC[C@]4(C)[C@H]3CC[C@]12C. The van der Waals surface area contributed by atoms with Crippen molar-refractivity contribution in [2.45, 2.75) is 98.3 Å². The highest BCUT2D eigenvalue weighted by atomic mass is 16.4. The first kappa shape index (κ1) is 19.8. The van der Waals surface area contributed by atoms with E-state index in [-0.39, 0.29) is 5.92 Å². The summed E-state index contributed by atoms with van der Waals surface area (Å²) in [5.41, 5.74) is 1.00. The van der Waals surface area contributed by atoms with E-state index < -0.39 is 5.97 Å². The van der Waals surface area contributed by atoms with Gasteiger partial charge in [-0.15, -0.1) is 0 Å². The second kappa shape index (κ2) is 7.06. The van der Waals surface area contributed by atoms with E-state index in [0.717, 1.165) is 48.9 Å². The van der Waals surface area contributed by atoms with Gasteiger partial charge >= 0.3 is 5.97 Å². The Hall–Kier alpha value is -0.530. The Labute approximate surface area is 166 Å². The first-order valence-corrected chi connectivity index (χ1v) is 12.0. The van der Waals surface area contributed by atoms with Crippen LogP contribution in [0.5, 0.6) is 0 Å². The van der Waals surface area contributed by atoms with Gasteiger partial charge in [0.15, 0.2) is 0 Å². The fourth-order valence-electron chi connectivity index (χ4n) is 9.11. The zero-order valence-electron chi connectivity index (χ0n) is 18.2. The number of aliphatic carboxylic acids is 1. The zero-order chi connectivity index (χ0) is 19.4. The summed E-state index contributed by atoms with van der Waals surface area (Å²) in [6.07, 6.45) is 14.2. The summed E-state index contributed by atoms with van der Waals surface area (Å²) in [6, 6.07) is 0. The van der Waals surface area contributed by atoms with Crippen LogP contribution in [-0.2, 0) is 4.79 Å². The molecular weight excluding hydrogens is 332 g/mol. The maximum absolute atomic E-state index is 11.6. The smallest absolute Gasteiger partial charge is 0.306 e. The largest absolute Gasteiger partial charge is 0.481 e. The Morgan fingerprint density at radius 3 is 2.41 bits per heavy atom. The molecule has 0 spiro atoms. The Balaban J connectivity index is 1.54. The standard InChI is InChI=1S/C25H42O2/c1-5-6-16(2)20-9-10-21-19-8-7-18-15-17(23(26)27)11-13-24(18,3)22(19)12-14-25(20,21)4/h16-22H,5-15H2,1-4H3,(H,26,27)/t16-,17?,18?,19+,20-,21+,22+,24+,25-/m1/s1. The summed E-state index contributed by atoms with van der Waals surface area (Å²) in [6.45, 7) is 10.1. The molecule has 2 heteroatoms. The summed E-state index contributed by atoms with van der Waals surface area (Å²) in [5.74, 6) is 4.61. The summed E-state index contributed by atoms with van der Waals surface area (Å²) >= 11 is 0. The minimum Gasteiger partial charge on any atom is -0.481 e. The Morgan fingerprint density at radius 2 is 1.70 bits per heavy atom. The fraction of sp³-hybridized carbons (Fsp3) is 0.960. The van der Waals surface area contributed by atoms with E-state index in [1.165, 1.54) is 51.4 Å². The van der Waals surface area contributed by atoms with Crippen LogP contribution in [-0.4, -0.2) is 11.1 Å². The van der Waals surface area contributed by atoms with E-state index in [9.17, 15) is 9.90 Å². The molecule has 4 saturated carbocycles. The van der Waals surface area contributed by atoms with Crippen molar-refractivity contribution in [3.8, 4) is 0 Å². The number of fused-ring (bicyclic) bond motifs is 5. The number of carbonyl (C=O) groups is 1. The van der Waals surface area contributed by atoms with Gasteiger partial charge in [0, 0.05) is 0 Å². The molecule has 4 aliphatic rings. The monoisotopic (exact) mass is 374 g/mol. The summed E-state index contributed by atoms with van der Waals surface area (Å²) in [4.78, 5) is 11.6. The Bertz CT molecular complexity index is 571. The lowest BCUT2D eigenvalue weighted by Gasteiger charge is -2.61. The quantitative estimate of drug-likeness (QED) is 0.588. The molecule has 9 atom stereocenters. The van der Waals surface area contributed by atoms with Crippen LogP contribution >= 0.6 is 0 Å². The van der Waals surface area contributed by atoms with Crippen LogP contribution in [0.2, 0.25) is 0 Å². The third kappa shape index (κ3) is 2.99. The minimum atomic E-state index is -0.543. The maximum atomic E-state index is 11.6. The van der Waals surface area contributed by atoms with Gasteiger partial charge in [0.05, 0.1) is 5.92 Å². The highest BCUT2D eigenvalue weighted by Crippen LogP contribution is 2.68. The van der Waals surface area contributed by atoms with E-state index in [1.807, 2.05) is 0 Å². The van der Waals surface area contributed by atoms with Gasteiger partial charge in [0.2, 0.25) is 0 Å². The molecule has 0 aliphatic heterocycles. The maximum Gasteiger partial charge on any atom is 0.306 e. The van der Waals surface area contributed by atoms with Gasteiger partial charge in [0.1, 0.15) is 0 Å². The van der Waals surface area contributed by atoms with E-state index in [4.69, 9.17) is 0 Å². The summed E-state index contributed by atoms with van der Waals surface area (Å²) < 4.78 is 0. The van der Waals surface area contributed by atoms with E-state index in [2.05, 4.69) is 27.7 Å². The molecule has 0 amide bonds. The fourth-order valence-corrected chi connectivity index (χ4v) is 9.11. The summed E-state index contributed by atoms with van der Waals surface area (Å²) in [5, 5.41) is 9.53. The molecule has 1 N–H and O–H groups in total. The van der Waals surface area contributed by atoms with Crippen LogP contribution in [0.4, 0.5) is 0 Å². The second-order valence-corrected chi connectivity index (χ2v) is 11.5. The van der Waals surface area contributed by atoms with E-state index >= 15 is 0 Å². The van der Waals surface area contributed by atoms with Gasteiger partial charge in [0.25, 0.3) is 0 Å².